The number of carbonyl (C=O) groups excluding carboxylic acids is 1. The van der Waals surface area contributed by atoms with Crippen molar-refractivity contribution < 1.29 is 14.3 Å². The number of hydrogen-bond acceptors (Lipinski definition) is 5. The zero-order chi connectivity index (χ0) is 28.4. The van der Waals surface area contributed by atoms with Crippen LogP contribution in [0, 0.1) is 0 Å². The molecule has 6 heteroatoms. The molecule has 0 saturated heterocycles. The van der Waals surface area contributed by atoms with Crippen molar-refractivity contribution in [1.29, 1.82) is 0 Å². The Hall–Kier alpha value is -2.60. The Kier molecular flexibility index (Phi) is 14.9. The molecule has 40 heavy (non-hydrogen) atoms. The lowest BCUT2D eigenvalue weighted by Crippen LogP contribution is -2.18. The van der Waals surface area contributed by atoms with Gasteiger partial charge in [0.25, 0.3) is 0 Å². The fourth-order valence-corrected chi connectivity index (χ4v) is 5.81. The second kappa shape index (κ2) is 18.7. The number of allylic oxidation sites excluding steroid dienone is 1. The summed E-state index contributed by atoms with van der Waals surface area (Å²) in [5.74, 6) is 2.33. The number of thioether (sulfide) groups is 1. The van der Waals surface area contributed by atoms with Crippen LogP contribution in [0.2, 0.25) is 0 Å². The van der Waals surface area contributed by atoms with E-state index in [1.54, 1.807) is 7.11 Å². The Bertz CT molecular complexity index is 1060. The van der Waals surface area contributed by atoms with Gasteiger partial charge in [0.05, 0.1) is 26.0 Å². The van der Waals surface area contributed by atoms with Gasteiger partial charge in [-0.1, -0.05) is 102 Å². The maximum atomic E-state index is 13.0. The molecule has 1 N–H and O–H groups in total. The number of methoxy groups -OCH3 is 1. The number of hydrogen-bond donors (Lipinski definition) is 1. The van der Waals surface area contributed by atoms with E-state index in [9.17, 15) is 4.79 Å². The lowest BCUT2D eigenvalue weighted by Gasteiger charge is -2.18. The van der Waals surface area contributed by atoms with Crippen LogP contribution in [0.25, 0.3) is 0 Å². The Labute approximate surface area is 247 Å². The molecule has 0 aromatic heterocycles. The first-order valence-electron chi connectivity index (χ1n) is 15.3. The van der Waals surface area contributed by atoms with Crippen molar-refractivity contribution in [3.63, 3.8) is 0 Å². The van der Waals surface area contributed by atoms with Gasteiger partial charge in [-0.15, -0.1) is 11.8 Å². The van der Waals surface area contributed by atoms with Gasteiger partial charge in [-0.3, -0.25) is 4.79 Å². The van der Waals surface area contributed by atoms with E-state index in [-0.39, 0.29) is 12.3 Å². The third kappa shape index (κ3) is 11.9. The number of nitrogens with zero attached hydrogens (tertiary/aromatic N) is 1. The minimum Gasteiger partial charge on any atom is -0.493 e. The van der Waals surface area contributed by atoms with Crippen molar-refractivity contribution in [2.75, 3.05) is 24.9 Å². The molecule has 0 spiro atoms. The number of amides is 1. The van der Waals surface area contributed by atoms with Crippen LogP contribution in [-0.2, 0) is 17.8 Å². The summed E-state index contributed by atoms with van der Waals surface area (Å²) in [5.41, 5.74) is 2.89. The minimum absolute atomic E-state index is 0.0351. The molecule has 0 saturated carbocycles. The molecule has 220 valence electrons. The third-order valence-corrected chi connectivity index (χ3v) is 8.36. The van der Waals surface area contributed by atoms with Crippen molar-refractivity contribution in [1.82, 2.24) is 4.90 Å². The molecule has 1 heterocycles. The van der Waals surface area contributed by atoms with Crippen LogP contribution in [0.4, 0.5) is 5.69 Å². The molecule has 1 amide bonds. The highest BCUT2D eigenvalue weighted by atomic mass is 32.2. The molecule has 3 rings (SSSR count). The van der Waals surface area contributed by atoms with Gasteiger partial charge in [0.2, 0.25) is 5.91 Å². The number of para-hydroxylation sites is 1. The number of benzene rings is 2. The molecule has 0 bridgehead atoms. The van der Waals surface area contributed by atoms with E-state index in [2.05, 4.69) is 36.3 Å². The fraction of sp³-hybridized carbons (Fsp3) is 0.559. The molecular weight excluding hydrogens is 516 g/mol. The first-order chi connectivity index (χ1) is 19.6. The summed E-state index contributed by atoms with van der Waals surface area (Å²) in [6.07, 6.45) is 18.3. The SMILES string of the molecule is CCCCCCCCCCCCCCOc1cc(CC(=O)Nc2ccccc2CN2C=C(C)SC2)ccc1OC. The summed E-state index contributed by atoms with van der Waals surface area (Å²) in [7, 11) is 1.66. The number of anilines is 1. The summed E-state index contributed by atoms with van der Waals surface area (Å²) in [6.45, 7) is 5.85. The van der Waals surface area contributed by atoms with Gasteiger partial charge in [0, 0.05) is 18.4 Å². The zero-order valence-electron chi connectivity index (χ0n) is 25.0. The van der Waals surface area contributed by atoms with Gasteiger partial charge >= 0.3 is 0 Å². The van der Waals surface area contributed by atoms with Crippen LogP contribution in [0.3, 0.4) is 0 Å². The molecule has 0 unspecified atom stereocenters. The number of nitrogens with one attached hydrogen (secondary N) is 1. The molecule has 5 nitrogen and oxygen atoms in total. The van der Waals surface area contributed by atoms with E-state index < -0.39 is 0 Å². The molecule has 2 aromatic rings. The highest BCUT2D eigenvalue weighted by Gasteiger charge is 2.14. The first-order valence-corrected chi connectivity index (χ1v) is 16.3. The van der Waals surface area contributed by atoms with Crippen molar-refractivity contribution in [3.05, 3.63) is 64.7 Å². The Balaban J connectivity index is 1.38. The summed E-state index contributed by atoms with van der Waals surface area (Å²) in [4.78, 5) is 16.6. The van der Waals surface area contributed by atoms with E-state index >= 15 is 0 Å². The average molecular weight is 567 g/mol. The van der Waals surface area contributed by atoms with Crippen molar-refractivity contribution in [2.24, 2.45) is 0 Å². The van der Waals surface area contributed by atoms with Crippen LogP contribution in [-0.4, -0.2) is 30.4 Å². The number of ether oxygens (including phenoxy) is 2. The Morgan fingerprint density at radius 1 is 0.900 bits per heavy atom. The standard InChI is InChI=1S/C34H50N2O3S/c1-4-5-6-7-8-9-10-11-12-13-14-17-22-39-33-23-29(20-21-32(33)38-3)24-34(37)35-31-19-16-15-18-30(31)26-36-25-28(2)40-27-36/h15-16,18-21,23,25H,4-14,17,22,24,26-27H2,1-3H3,(H,35,37). The third-order valence-electron chi connectivity index (χ3n) is 7.34. The zero-order valence-corrected chi connectivity index (χ0v) is 25.8. The predicted octanol–water partition coefficient (Wildman–Crippen LogP) is 9.32. The summed E-state index contributed by atoms with van der Waals surface area (Å²) in [5, 5.41) is 3.12. The van der Waals surface area contributed by atoms with Crippen LogP contribution in [0.5, 0.6) is 11.5 Å². The van der Waals surface area contributed by atoms with Gasteiger partial charge in [-0.05, 0) is 47.6 Å². The Morgan fingerprint density at radius 2 is 1.57 bits per heavy atom. The summed E-state index contributed by atoms with van der Waals surface area (Å²) < 4.78 is 11.6. The van der Waals surface area contributed by atoms with E-state index in [4.69, 9.17) is 9.47 Å². The highest BCUT2D eigenvalue weighted by Crippen LogP contribution is 2.30. The van der Waals surface area contributed by atoms with Gasteiger partial charge < -0.3 is 19.7 Å². The maximum absolute atomic E-state index is 13.0. The smallest absolute Gasteiger partial charge is 0.228 e. The largest absolute Gasteiger partial charge is 0.493 e. The van der Waals surface area contributed by atoms with Crippen molar-refractivity contribution in [2.45, 2.75) is 104 Å². The molecule has 0 atom stereocenters. The second-order valence-electron chi connectivity index (χ2n) is 10.9. The van der Waals surface area contributed by atoms with Crippen LogP contribution >= 0.6 is 11.8 Å². The highest BCUT2D eigenvalue weighted by molar-refractivity contribution is 8.03. The molecule has 2 aromatic carbocycles. The van der Waals surface area contributed by atoms with Gasteiger partial charge in [-0.25, -0.2) is 0 Å². The predicted molar refractivity (Wildman–Crippen MR) is 170 cm³/mol. The first kappa shape index (κ1) is 31.9. The lowest BCUT2D eigenvalue weighted by atomic mass is 10.1. The van der Waals surface area contributed by atoms with Crippen LogP contribution in [0.1, 0.15) is 102 Å². The molecule has 1 aliphatic rings. The maximum Gasteiger partial charge on any atom is 0.228 e. The van der Waals surface area contributed by atoms with Crippen LogP contribution < -0.4 is 14.8 Å². The topological polar surface area (TPSA) is 50.8 Å². The molecule has 0 fully saturated rings. The fourth-order valence-electron chi connectivity index (χ4n) is 5.06. The monoisotopic (exact) mass is 566 g/mol. The molecule has 0 aliphatic carbocycles. The van der Waals surface area contributed by atoms with E-state index in [1.807, 2.05) is 48.2 Å². The molecule has 1 aliphatic heterocycles. The lowest BCUT2D eigenvalue weighted by molar-refractivity contribution is -0.115. The van der Waals surface area contributed by atoms with Crippen molar-refractivity contribution in [3.8, 4) is 11.5 Å². The van der Waals surface area contributed by atoms with Gasteiger partial charge in [-0.2, -0.15) is 0 Å². The number of carbonyl (C=O) groups is 1. The normalized spacial score (nSPS) is 12.9. The quantitative estimate of drug-likeness (QED) is 0.162. The summed E-state index contributed by atoms with van der Waals surface area (Å²) >= 11 is 1.84. The van der Waals surface area contributed by atoms with E-state index in [0.29, 0.717) is 18.1 Å². The van der Waals surface area contributed by atoms with Crippen LogP contribution in [0.15, 0.2) is 53.6 Å². The van der Waals surface area contributed by atoms with Gasteiger partial charge in [0.1, 0.15) is 0 Å². The molecular formula is C34H50N2O3S. The van der Waals surface area contributed by atoms with E-state index in [0.717, 1.165) is 35.7 Å². The minimum atomic E-state index is -0.0351. The van der Waals surface area contributed by atoms with Gasteiger partial charge in [0.15, 0.2) is 11.5 Å². The molecule has 0 radical (unpaired) electrons. The summed E-state index contributed by atoms with van der Waals surface area (Å²) in [6, 6.07) is 13.8. The number of rotatable bonds is 20. The van der Waals surface area contributed by atoms with E-state index in [1.165, 1.54) is 75.5 Å². The van der Waals surface area contributed by atoms with Crippen molar-refractivity contribution >= 4 is 23.4 Å². The Morgan fingerprint density at radius 3 is 2.23 bits per heavy atom. The second-order valence-corrected chi connectivity index (χ2v) is 12.1. The number of unbranched alkanes of at least 4 members (excludes halogenated alkanes) is 11. The average Bonchev–Trinajstić information content (AvgIpc) is 3.36.